The van der Waals surface area contributed by atoms with Gasteiger partial charge in [-0.25, -0.2) is 9.37 Å². The van der Waals surface area contributed by atoms with Gasteiger partial charge in [-0.1, -0.05) is 29.8 Å². The number of aromatic nitrogens is 2. The number of fused-ring (bicyclic) bond motifs is 1. The Bertz CT molecular complexity index is 1390. The van der Waals surface area contributed by atoms with Crippen LogP contribution in [0, 0.1) is 19.7 Å². The van der Waals surface area contributed by atoms with Gasteiger partial charge in [0.1, 0.15) is 11.6 Å². The van der Waals surface area contributed by atoms with Crippen molar-refractivity contribution < 1.29 is 9.18 Å². The number of para-hydroxylation sites is 1. The summed E-state index contributed by atoms with van der Waals surface area (Å²) >= 11 is 0. The molecule has 0 bridgehead atoms. The Morgan fingerprint density at radius 2 is 1.76 bits per heavy atom. The number of amides is 1. The molecule has 0 saturated heterocycles. The van der Waals surface area contributed by atoms with Crippen LogP contribution in [0.5, 0.6) is 0 Å². The average Bonchev–Trinajstić information content (AvgIpc) is 2.80. The Labute approximate surface area is 192 Å². The molecule has 6 heteroatoms. The molecule has 1 atom stereocenters. The van der Waals surface area contributed by atoms with Crippen molar-refractivity contribution in [2.24, 2.45) is 0 Å². The summed E-state index contributed by atoms with van der Waals surface area (Å²) in [5.41, 5.74) is 3.54. The van der Waals surface area contributed by atoms with E-state index in [1.54, 1.807) is 21.6 Å². The normalized spacial score (nSPS) is 12.0. The zero-order chi connectivity index (χ0) is 23.7. The second-order valence-electron chi connectivity index (χ2n) is 8.19. The van der Waals surface area contributed by atoms with Crippen LogP contribution in [-0.2, 0) is 0 Å². The fourth-order valence-electron chi connectivity index (χ4n) is 4.21. The van der Waals surface area contributed by atoms with Gasteiger partial charge in [-0.3, -0.25) is 14.2 Å². The number of rotatable bonds is 5. The molecule has 1 amide bonds. The van der Waals surface area contributed by atoms with Gasteiger partial charge >= 0.3 is 0 Å². The minimum atomic E-state index is -0.509. The summed E-state index contributed by atoms with van der Waals surface area (Å²) in [4.78, 5) is 33.4. The standard InChI is InChI=1S/C27H26FN3O2/c1-5-30(26(32)20-11-13-21(28)14-12-20)19(4)25-29-23-9-7-6-8-22(23)27(33)31(25)24-15-10-17(2)16-18(24)3/h6-16,19H,5H2,1-4H3. The smallest absolute Gasteiger partial charge is 0.266 e. The monoisotopic (exact) mass is 443 g/mol. The van der Waals surface area contributed by atoms with E-state index in [2.05, 4.69) is 0 Å². The van der Waals surface area contributed by atoms with Crippen LogP contribution in [0.15, 0.2) is 71.5 Å². The van der Waals surface area contributed by atoms with E-state index in [1.807, 2.05) is 58.0 Å². The summed E-state index contributed by atoms with van der Waals surface area (Å²) in [5.74, 6) is -0.176. The Balaban J connectivity index is 1.92. The molecule has 1 aromatic heterocycles. The van der Waals surface area contributed by atoms with Crippen LogP contribution in [0.2, 0.25) is 0 Å². The zero-order valence-corrected chi connectivity index (χ0v) is 19.2. The summed E-state index contributed by atoms with van der Waals surface area (Å²) in [7, 11) is 0. The lowest BCUT2D eigenvalue weighted by molar-refractivity contribution is 0.0693. The summed E-state index contributed by atoms with van der Waals surface area (Å²) < 4.78 is 15.0. The maximum Gasteiger partial charge on any atom is 0.266 e. The van der Waals surface area contributed by atoms with Crippen molar-refractivity contribution in [1.29, 1.82) is 0 Å². The molecule has 0 aliphatic heterocycles. The van der Waals surface area contributed by atoms with Crippen molar-refractivity contribution in [3.05, 3.63) is 105 Å². The first kappa shape index (κ1) is 22.4. The van der Waals surface area contributed by atoms with Crippen molar-refractivity contribution in [2.45, 2.75) is 33.7 Å². The van der Waals surface area contributed by atoms with Gasteiger partial charge in [-0.15, -0.1) is 0 Å². The topological polar surface area (TPSA) is 55.2 Å². The molecule has 0 spiro atoms. The van der Waals surface area contributed by atoms with E-state index in [4.69, 9.17) is 4.98 Å². The quantitative estimate of drug-likeness (QED) is 0.417. The van der Waals surface area contributed by atoms with E-state index in [0.717, 1.165) is 16.8 Å². The number of hydrogen-bond acceptors (Lipinski definition) is 3. The van der Waals surface area contributed by atoms with Crippen LogP contribution in [0.4, 0.5) is 4.39 Å². The van der Waals surface area contributed by atoms with Gasteiger partial charge in [-0.2, -0.15) is 0 Å². The first-order valence-corrected chi connectivity index (χ1v) is 11.0. The Kier molecular flexibility index (Phi) is 6.09. The van der Waals surface area contributed by atoms with E-state index in [1.165, 1.54) is 24.3 Å². The predicted octanol–water partition coefficient (Wildman–Crippen LogP) is 5.36. The first-order valence-electron chi connectivity index (χ1n) is 11.0. The molecule has 3 aromatic carbocycles. The molecule has 0 N–H and O–H groups in total. The fourth-order valence-corrected chi connectivity index (χ4v) is 4.21. The zero-order valence-electron chi connectivity index (χ0n) is 19.2. The molecule has 0 aliphatic carbocycles. The number of carbonyl (C=O) groups excluding carboxylic acids is 1. The third-order valence-electron chi connectivity index (χ3n) is 5.93. The average molecular weight is 444 g/mol. The highest BCUT2D eigenvalue weighted by molar-refractivity contribution is 5.94. The van der Waals surface area contributed by atoms with Gasteiger partial charge in [0.2, 0.25) is 0 Å². The lowest BCUT2D eigenvalue weighted by atomic mass is 10.1. The Hall–Kier alpha value is -3.80. The summed E-state index contributed by atoms with van der Waals surface area (Å²) in [5, 5.41) is 0.515. The number of aryl methyl sites for hydroxylation is 2. The highest BCUT2D eigenvalue weighted by Crippen LogP contribution is 2.26. The second kappa shape index (κ2) is 8.98. The Morgan fingerprint density at radius 1 is 1.06 bits per heavy atom. The molecule has 0 aliphatic rings. The van der Waals surface area contributed by atoms with Gasteiger partial charge in [0.05, 0.1) is 22.6 Å². The second-order valence-corrected chi connectivity index (χ2v) is 8.19. The summed E-state index contributed by atoms with van der Waals surface area (Å²) in [6, 6.07) is 18.1. The third kappa shape index (κ3) is 4.16. The van der Waals surface area contributed by atoms with Gasteiger partial charge in [0.15, 0.2) is 0 Å². The number of benzene rings is 3. The lowest BCUT2D eigenvalue weighted by Crippen LogP contribution is -2.37. The van der Waals surface area contributed by atoms with E-state index in [-0.39, 0.29) is 11.5 Å². The van der Waals surface area contributed by atoms with Gasteiger partial charge in [-0.05, 0) is 75.7 Å². The van der Waals surface area contributed by atoms with Crippen LogP contribution in [0.3, 0.4) is 0 Å². The van der Waals surface area contributed by atoms with Gasteiger partial charge in [0.25, 0.3) is 11.5 Å². The fraction of sp³-hybridized carbons (Fsp3) is 0.222. The summed E-state index contributed by atoms with van der Waals surface area (Å²) in [6.07, 6.45) is 0. The molecular weight excluding hydrogens is 417 g/mol. The molecule has 1 unspecified atom stereocenters. The van der Waals surface area contributed by atoms with Crippen LogP contribution >= 0.6 is 0 Å². The van der Waals surface area contributed by atoms with E-state index < -0.39 is 11.9 Å². The highest BCUT2D eigenvalue weighted by atomic mass is 19.1. The van der Waals surface area contributed by atoms with Crippen molar-refractivity contribution in [2.75, 3.05) is 6.54 Å². The largest absolute Gasteiger partial charge is 0.329 e. The SMILES string of the molecule is CCN(C(=O)c1ccc(F)cc1)C(C)c1nc2ccccc2c(=O)n1-c1ccc(C)cc1C. The molecular formula is C27H26FN3O2. The molecule has 0 fully saturated rings. The molecule has 4 rings (SSSR count). The lowest BCUT2D eigenvalue weighted by Gasteiger charge is -2.30. The first-order chi connectivity index (χ1) is 15.8. The van der Waals surface area contributed by atoms with Crippen molar-refractivity contribution in [3.63, 3.8) is 0 Å². The molecule has 5 nitrogen and oxygen atoms in total. The molecule has 1 heterocycles. The number of hydrogen-bond donors (Lipinski definition) is 0. The van der Waals surface area contributed by atoms with Crippen LogP contribution in [0.1, 0.15) is 47.2 Å². The van der Waals surface area contributed by atoms with E-state index in [0.29, 0.717) is 28.8 Å². The summed E-state index contributed by atoms with van der Waals surface area (Å²) in [6.45, 7) is 8.09. The number of nitrogens with zero attached hydrogens (tertiary/aromatic N) is 3. The maximum absolute atomic E-state index is 13.7. The van der Waals surface area contributed by atoms with Crippen LogP contribution in [0.25, 0.3) is 16.6 Å². The van der Waals surface area contributed by atoms with Crippen LogP contribution in [-0.4, -0.2) is 26.9 Å². The minimum Gasteiger partial charge on any atom is -0.329 e. The van der Waals surface area contributed by atoms with Crippen molar-refractivity contribution in [1.82, 2.24) is 14.5 Å². The van der Waals surface area contributed by atoms with Gasteiger partial charge < -0.3 is 4.90 Å². The molecule has 4 aromatic rings. The molecule has 0 saturated carbocycles. The minimum absolute atomic E-state index is 0.181. The maximum atomic E-state index is 13.7. The molecule has 33 heavy (non-hydrogen) atoms. The third-order valence-corrected chi connectivity index (χ3v) is 5.93. The van der Waals surface area contributed by atoms with E-state index >= 15 is 0 Å². The molecule has 168 valence electrons. The molecule has 0 radical (unpaired) electrons. The van der Waals surface area contributed by atoms with Crippen LogP contribution < -0.4 is 5.56 Å². The van der Waals surface area contributed by atoms with E-state index in [9.17, 15) is 14.0 Å². The number of carbonyl (C=O) groups is 1. The highest BCUT2D eigenvalue weighted by Gasteiger charge is 2.27. The van der Waals surface area contributed by atoms with Crippen molar-refractivity contribution in [3.8, 4) is 5.69 Å². The van der Waals surface area contributed by atoms with Crippen molar-refractivity contribution >= 4 is 16.8 Å². The predicted molar refractivity (Wildman–Crippen MR) is 128 cm³/mol. The number of halogens is 1. The van der Waals surface area contributed by atoms with Gasteiger partial charge in [0, 0.05) is 12.1 Å². The Morgan fingerprint density at radius 3 is 2.42 bits per heavy atom.